The lowest BCUT2D eigenvalue weighted by molar-refractivity contribution is -0.816. The van der Waals surface area contributed by atoms with E-state index >= 15 is 0 Å². The summed E-state index contributed by atoms with van der Waals surface area (Å²) in [6, 6.07) is 0. The van der Waals surface area contributed by atoms with Crippen molar-refractivity contribution in [3.63, 3.8) is 0 Å². The van der Waals surface area contributed by atoms with Gasteiger partial charge in [-0.15, -0.1) is 58.0 Å². The van der Waals surface area contributed by atoms with Gasteiger partial charge in [0.25, 0.3) is 0 Å². The Bertz CT molecular complexity index is 319. The number of rotatable bonds is 17. The molecule has 4 nitrogen and oxygen atoms in total. The van der Waals surface area contributed by atoms with E-state index < -0.39 is 7.75 Å². The molecule has 24 heavy (non-hydrogen) atoms. The van der Waals surface area contributed by atoms with E-state index in [1.807, 2.05) is 0 Å². The van der Waals surface area contributed by atoms with Crippen molar-refractivity contribution in [3.05, 3.63) is 0 Å². The smallest absolute Gasteiger partial charge is 0.263 e. The highest BCUT2D eigenvalue weighted by Crippen LogP contribution is 2.58. The van der Waals surface area contributed by atoms with Gasteiger partial charge < -0.3 is 0 Å². The fraction of sp³-hybridized carbons (Fsp3) is 1.00. The van der Waals surface area contributed by atoms with Crippen LogP contribution in [0.4, 0.5) is 0 Å². The van der Waals surface area contributed by atoms with Crippen molar-refractivity contribution >= 4 is 65.8 Å². The predicted molar refractivity (Wildman–Crippen MR) is 106 cm³/mol. The van der Waals surface area contributed by atoms with E-state index in [0.29, 0.717) is 75.1 Å². The first-order valence-electron chi connectivity index (χ1n) is 8.11. The highest BCUT2D eigenvalue weighted by molar-refractivity contribution is 7.47. The zero-order valence-corrected chi connectivity index (χ0v) is 18.6. The second-order valence-corrected chi connectivity index (χ2v) is 9.45. The summed E-state index contributed by atoms with van der Waals surface area (Å²) < 4.78 is 25.2. The normalized spacial score (nSPS) is 12.7. The number of quaternary nitrogens is 1. The zero-order chi connectivity index (χ0) is 18.3. The van der Waals surface area contributed by atoms with Gasteiger partial charge >= 0.3 is 7.75 Å². The molecule has 0 spiro atoms. The summed E-state index contributed by atoms with van der Waals surface area (Å²) in [5.41, 5.74) is 0. The molecule has 0 saturated heterocycles. The molecule has 0 bridgehead atoms. The van der Waals surface area contributed by atoms with E-state index in [1.54, 1.807) is 0 Å². The summed E-state index contributed by atoms with van der Waals surface area (Å²) in [7, 11) is -3.49. The summed E-state index contributed by atoms with van der Waals surface area (Å²) >= 11 is 29.3. The van der Waals surface area contributed by atoms with E-state index in [0.717, 1.165) is 12.8 Å². The minimum Gasteiger partial charge on any atom is -0.263 e. The van der Waals surface area contributed by atoms with Gasteiger partial charge in [0.15, 0.2) is 0 Å². The van der Waals surface area contributed by atoms with Crippen molar-refractivity contribution in [3.8, 4) is 0 Å². The molecule has 10 heteroatoms. The van der Waals surface area contributed by atoms with Crippen molar-refractivity contribution in [2.75, 3.05) is 62.2 Å². The van der Waals surface area contributed by atoms with Gasteiger partial charge in [-0.05, 0) is 25.7 Å². The maximum absolute atomic E-state index is 13.6. The summed E-state index contributed by atoms with van der Waals surface area (Å²) in [6.45, 7) is 1.88. The van der Waals surface area contributed by atoms with Crippen LogP contribution in [0.1, 0.15) is 25.7 Å². The second-order valence-electron chi connectivity index (χ2n) is 5.26. The van der Waals surface area contributed by atoms with Crippen LogP contribution in [0, 0.1) is 0 Å². The van der Waals surface area contributed by atoms with Gasteiger partial charge in [-0.1, -0.05) is 0 Å². The van der Waals surface area contributed by atoms with Crippen LogP contribution >= 0.6 is 65.8 Å². The third-order valence-electron chi connectivity index (χ3n) is 3.59. The molecule has 0 N–H and O–H groups in total. The van der Waals surface area contributed by atoms with Crippen LogP contribution in [0.25, 0.3) is 0 Å². The van der Waals surface area contributed by atoms with E-state index in [4.69, 9.17) is 67.1 Å². The quantitative estimate of drug-likeness (QED) is 0.157. The molecule has 0 saturated carbocycles. The highest BCUT2D eigenvalue weighted by atomic mass is 35.5. The number of halogens is 5. The fourth-order valence-electron chi connectivity index (χ4n) is 2.21. The Morgan fingerprint density at radius 3 is 1.29 bits per heavy atom. The van der Waals surface area contributed by atoms with Crippen LogP contribution < -0.4 is 0 Å². The average Bonchev–Trinajstić information content (AvgIpc) is 2.56. The zero-order valence-electron chi connectivity index (χ0n) is 13.9. The predicted octanol–water partition coefficient (Wildman–Crippen LogP) is 5.70. The molecule has 0 aliphatic rings. The lowest BCUT2D eigenvalue weighted by atomic mass is 10.4. The number of nitrogens with zero attached hydrogens (tertiary/aromatic N) is 1. The Hall–Kier alpha value is 1.56. The molecular weight excluding hydrogens is 438 g/mol. The molecule has 0 rings (SSSR count). The second kappa shape index (κ2) is 15.6. The summed E-state index contributed by atoms with van der Waals surface area (Å²) in [5, 5.41) is 0. The Morgan fingerprint density at radius 2 is 1.00 bits per heavy atom. The Morgan fingerprint density at radius 1 is 0.625 bits per heavy atom. The fourth-order valence-corrected chi connectivity index (χ4v) is 6.23. The maximum atomic E-state index is 13.6. The molecule has 0 aliphatic carbocycles. The molecule has 0 aromatic heterocycles. The first-order chi connectivity index (χ1) is 11.6. The lowest BCUT2D eigenvalue weighted by Gasteiger charge is -2.40. The van der Waals surface area contributed by atoms with Crippen LogP contribution in [-0.2, 0) is 13.6 Å². The van der Waals surface area contributed by atoms with Crippen molar-refractivity contribution in [1.82, 2.24) is 0 Å². The summed E-state index contributed by atoms with van der Waals surface area (Å²) in [4.78, 5) is 0. The molecule has 0 amide bonds. The van der Waals surface area contributed by atoms with Crippen LogP contribution in [0.2, 0.25) is 0 Å². The Kier molecular flexibility index (Phi) is 16.6. The molecule has 0 aliphatic heterocycles. The lowest BCUT2D eigenvalue weighted by Crippen LogP contribution is -2.50. The molecular formula is C14H28Cl5NO3P+. The van der Waals surface area contributed by atoms with Crippen LogP contribution in [0.15, 0.2) is 0 Å². The Balaban J connectivity index is 5.24. The van der Waals surface area contributed by atoms with Crippen molar-refractivity contribution in [1.29, 1.82) is 0 Å². The molecule has 0 aromatic carbocycles. The average molecular weight is 467 g/mol. The first kappa shape index (κ1) is 25.6. The van der Waals surface area contributed by atoms with Crippen LogP contribution in [0.3, 0.4) is 0 Å². The SMILES string of the molecule is O=P(OCCCCCl)(OCCCCCl)[N+](CCCl)(CCCl)CCCl. The number of unbranched alkanes of at least 4 members (excludes halogenated alkanes) is 2. The minimum atomic E-state index is -3.49. The van der Waals surface area contributed by atoms with Gasteiger partial charge in [-0.3, -0.25) is 9.05 Å². The van der Waals surface area contributed by atoms with Crippen LogP contribution in [0.5, 0.6) is 0 Å². The molecule has 0 unspecified atom stereocenters. The topological polar surface area (TPSA) is 35.5 Å². The van der Waals surface area contributed by atoms with E-state index in [-0.39, 0.29) is 4.25 Å². The van der Waals surface area contributed by atoms with Crippen molar-refractivity contribution in [2.24, 2.45) is 0 Å². The third-order valence-corrected chi connectivity index (χ3v) is 7.29. The van der Waals surface area contributed by atoms with E-state index in [9.17, 15) is 4.57 Å². The maximum Gasteiger partial charge on any atom is 0.531 e. The first-order valence-corrected chi connectivity index (χ1v) is 12.3. The number of hydrogen-bond donors (Lipinski definition) is 0. The van der Waals surface area contributed by atoms with Crippen LogP contribution in [-0.4, -0.2) is 66.5 Å². The van der Waals surface area contributed by atoms with E-state index in [2.05, 4.69) is 0 Å². The standard InChI is InChI=1S/C14H28Cl5NO3P/c15-5-1-3-13-22-24(21,23-14-4-2-6-16)20(10-7-17,11-8-18)12-9-19/h1-14H2/q+1. The van der Waals surface area contributed by atoms with Crippen molar-refractivity contribution < 1.29 is 17.9 Å². The minimum absolute atomic E-state index is 0.0469. The molecule has 0 aromatic rings. The van der Waals surface area contributed by atoms with Crippen molar-refractivity contribution in [2.45, 2.75) is 25.7 Å². The van der Waals surface area contributed by atoms with Gasteiger partial charge in [0.1, 0.15) is 0 Å². The van der Waals surface area contributed by atoms with Gasteiger partial charge in [-0.25, -0.2) is 8.82 Å². The van der Waals surface area contributed by atoms with Gasteiger partial charge in [0, 0.05) is 11.8 Å². The third kappa shape index (κ3) is 8.97. The Labute approximate surface area is 171 Å². The summed E-state index contributed by atoms with van der Waals surface area (Å²) in [5.74, 6) is 2.01. The van der Waals surface area contributed by atoms with E-state index in [1.165, 1.54) is 0 Å². The number of alkyl halides is 5. The summed E-state index contributed by atoms with van der Waals surface area (Å²) in [6.07, 6.45) is 2.99. The van der Waals surface area contributed by atoms with Gasteiger partial charge in [0.2, 0.25) is 0 Å². The molecule has 0 atom stereocenters. The molecule has 0 fully saturated rings. The highest BCUT2D eigenvalue weighted by Gasteiger charge is 2.50. The molecule has 146 valence electrons. The molecule has 0 heterocycles. The largest absolute Gasteiger partial charge is 0.531 e. The monoisotopic (exact) mass is 464 g/mol. The van der Waals surface area contributed by atoms with Gasteiger partial charge in [0.05, 0.1) is 50.5 Å². The molecule has 0 radical (unpaired) electrons. The van der Waals surface area contributed by atoms with Gasteiger partial charge in [-0.2, -0.15) is 0 Å². The number of hydrogen-bond acceptors (Lipinski definition) is 3.